The Morgan fingerprint density at radius 1 is 1.00 bits per heavy atom. The number of carbonyl (C=O) groups excluding carboxylic acids is 1. The SMILES string of the molecule is CC(=O)N1N=C(c2ccco2)C[C@H]1c1cn(-c2ccccc2)nc1-c1ccccc1. The van der Waals surface area contributed by atoms with Crippen LogP contribution in [-0.4, -0.2) is 26.4 Å². The van der Waals surface area contributed by atoms with Gasteiger partial charge in [-0.1, -0.05) is 48.5 Å². The van der Waals surface area contributed by atoms with Gasteiger partial charge >= 0.3 is 0 Å². The zero-order valence-electron chi connectivity index (χ0n) is 16.5. The second kappa shape index (κ2) is 7.48. The van der Waals surface area contributed by atoms with Crippen LogP contribution < -0.4 is 0 Å². The van der Waals surface area contributed by atoms with Crippen LogP contribution in [0.1, 0.15) is 30.7 Å². The third kappa shape index (κ3) is 3.22. The van der Waals surface area contributed by atoms with Gasteiger partial charge in [-0.05, 0) is 24.3 Å². The number of hydrogen-bond acceptors (Lipinski definition) is 4. The molecule has 0 spiro atoms. The highest BCUT2D eigenvalue weighted by molar-refractivity contribution is 6.01. The molecule has 3 heterocycles. The van der Waals surface area contributed by atoms with E-state index in [0.717, 1.165) is 28.2 Å². The van der Waals surface area contributed by atoms with E-state index in [1.165, 1.54) is 11.9 Å². The molecule has 0 bridgehead atoms. The van der Waals surface area contributed by atoms with Crippen molar-refractivity contribution in [1.82, 2.24) is 14.8 Å². The first-order valence-corrected chi connectivity index (χ1v) is 9.82. The van der Waals surface area contributed by atoms with E-state index in [0.29, 0.717) is 12.2 Å². The van der Waals surface area contributed by atoms with Crippen LogP contribution in [0.15, 0.2) is 94.8 Å². The molecule has 6 heteroatoms. The number of carbonyl (C=O) groups is 1. The van der Waals surface area contributed by atoms with Gasteiger partial charge in [0.15, 0.2) is 0 Å². The van der Waals surface area contributed by atoms with E-state index in [4.69, 9.17) is 9.52 Å². The monoisotopic (exact) mass is 396 g/mol. The van der Waals surface area contributed by atoms with Gasteiger partial charge in [0.2, 0.25) is 5.91 Å². The molecule has 1 aliphatic rings. The summed E-state index contributed by atoms with van der Waals surface area (Å²) in [5.41, 5.74) is 4.50. The standard InChI is InChI=1S/C24H20N4O2/c1-17(29)28-22(15-21(25-28)23-13-8-14-30-23)20-16-27(19-11-6-3-7-12-19)26-24(20)18-9-4-2-5-10-18/h2-14,16,22H,15H2,1H3/t22-/m0/s1. The quantitative estimate of drug-likeness (QED) is 0.496. The minimum absolute atomic E-state index is 0.118. The number of para-hydroxylation sites is 1. The Labute approximate surface area is 174 Å². The summed E-state index contributed by atoms with van der Waals surface area (Å²) in [4.78, 5) is 12.4. The minimum Gasteiger partial charge on any atom is -0.463 e. The fraction of sp³-hybridized carbons (Fsp3) is 0.125. The van der Waals surface area contributed by atoms with Crippen molar-refractivity contribution in [3.8, 4) is 16.9 Å². The molecule has 2 aromatic heterocycles. The van der Waals surface area contributed by atoms with Gasteiger partial charge in [-0.3, -0.25) is 4.79 Å². The van der Waals surface area contributed by atoms with E-state index in [1.54, 1.807) is 6.26 Å². The Morgan fingerprint density at radius 3 is 2.40 bits per heavy atom. The van der Waals surface area contributed by atoms with Gasteiger partial charge in [-0.2, -0.15) is 10.2 Å². The summed E-state index contributed by atoms with van der Waals surface area (Å²) in [7, 11) is 0. The van der Waals surface area contributed by atoms with E-state index in [9.17, 15) is 4.79 Å². The fourth-order valence-electron chi connectivity index (χ4n) is 3.80. The van der Waals surface area contributed by atoms with Crippen LogP contribution in [0.2, 0.25) is 0 Å². The molecule has 1 aliphatic heterocycles. The third-order valence-electron chi connectivity index (χ3n) is 5.21. The van der Waals surface area contributed by atoms with Crippen molar-refractivity contribution >= 4 is 11.6 Å². The van der Waals surface area contributed by atoms with Gasteiger partial charge in [0.1, 0.15) is 11.5 Å². The molecule has 0 N–H and O–H groups in total. The van der Waals surface area contributed by atoms with Gasteiger partial charge in [-0.15, -0.1) is 0 Å². The summed E-state index contributed by atoms with van der Waals surface area (Å²) < 4.78 is 7.39. The predicted octanol–water partition coefficient (Wildman–Crippen LogP) is 4.83. The molecule has 4 aromatic rings. The Bertz CT molecular complexity index is 1190. The molecule has 0 unspecified atom stereocenters. The number of benzene rings is 2. The number of furan rings is 1. The average Bonchev–Trinajstić information content (AvgIpc) is 3.53. The first-order chi connectivity index (χ1) is 14.7. The van der Waals surface area contributed by atoms with Crippen molar-refractivity contribution in [1.29, 1.82) is 0 Å². The maximum Gasteiger partial charge on any atom is 0.240 e. The Kier molecular flexibility index (Phi) is 4.52. The predicted molar refractivity (Wildman–Crippen MR) is 114 cm³/mol. The number of rotatable bonds is 4. The molecule has 148 valence electrons. The van der Waals surface area contributed by atoms with Crippen LogP contribution in [0.3, 0.4) is 0 Å². The van der Waals surface area contributed by atoms with E-state index < -0.39 is 0 Å². The van der Waals surface area contributed by atoms with E-state index in [2.05, 4.69) is 5.10 Å². The lowest BCUT2D eigenvalue weighted by Gasteiger charge is -2.20. The van der Waals surface area contributed by atoms with Gasteiger partial charge in [0.25, 0.3) is 0 Å². The minimum atomic E-state index is -0.254. The highest BCUT2D eigenvalue weighted by Gasteiger charge is 2.35. The smallest absolute Gasteiger partial charge is 0.240 e. The van der Waals surface area contributed by atoms with Crippen LogP contribution in [0.4, 0.5) is 0 Å². The molecule has 2 aromatic carbocycles. The Morgan fingerprint density at radius 2 is 1.73 bits per heavy atom. The summed E-state index contributed by atoms with van der Waals surface area (Å²) in [5.74, 6) is 0.563. The maximum atomic E-state index is 12.4. The van der Waals surface area contributed by atoms with Gasteiger partial charge in [0, 0.05) is 30.7 Å². The van der Waals surface area contributed by atoms with Crippen molar-refractivity contribution in [3.05, 3.63) is 96.6 Å². The summed E-state index contributed by atoms with van der Waals surface area (Å²) >= 11 is 0. The number of hydrazone groups is 1. The van der Waals surface area contributed by atoms with Crippen LogP contribution in [0, 0.1) is 0 Å². The van der Waals surface area contributed by atoms with Crippen LogP contribution in [0.5, 0.6) is 0 Å². The molecule has 0 saturated heterocycles. The number of amides is 1. The van der Waals surface area contributed by atoms with Gasteiger partial charge in [0.05, 0.1) is 23.7 Å². The molecule has 5 rings (SSSR count). The summed E-state index contributed by atoms with van der Waals surface area (Å²) in [6.07, 6.45) is 4.18. The van der Waals surface area contributed by atoms with Crippen molar-refractivity contribution in [2.75, 3.05) is 0 Å². The van der Waals surface area contributed by atoms with Crippen molar-refractivity contribution < 1.29 is 9.21 Å². The molecule has 0 aliphatic carbocycles. The highest BCUT2D eigenvalue weighted by atomic mass is 16.3. The van der Waals surface area contributed by atoms with Crippen LogP contribution >= 0.6 is 0 Å². The summed E-state index contributed by atoms with van der Waals surface area (Å²) in [5, 5.41) is 11.0. The summed E-state index contributed by atoms with van der Waals surface area (Å²) in [6.45, 7) is 1.53. The first kappa shape index (κ1) is 18.1. The van der Waals surface area contributed by atoms with Crippen LogP contribution in [0.25, 0.3) is 16.9 Å². The molecule has 0 saturated carbocycles. The van der Waals surface area contributed by atoms with E-state index >= 15 is 0 Å². The lowest BCUT2D eigenvalue weighted by Crippen LogP contribution is -2.24. The van der Waals surface area contributed by atoms with Crippen molar-refractivity contribution in [3.63, 3.8) is 0 Å². The topological polar surface area (TPSA) is 63.6 Å². The van der Waals surface area contributed by atoms with E-state index in [1.807, 2.05) is 83.7 Å². The molecule has 6 nitrogen and oxygen atoms in total. The number of aromatic nitrogens is 2. The molecule has 0 radical (unpaired) electrons. The Hall–Kier alpha value is -3.93. The second-order valence-corrected chi connectivity index (χ2v) is 7.19. The zero-order valence-corrected chi connectivity index (χ0v) is 16.5. The van der Waals surface area contributed by atoms with Gasteiger partial charge < -0.3 is 4.42 Å². The maximum absolute atomic E-state index is 12.4. The highest BCUT2D eigenvalue weighted by Crippen LogP contribution is 2.38. The lowest BCUT2D eigenvalue weighted by atomic mass is 9.98. The van der Waals surface area contributed by atoms with Crippen LogP contribution in [-0.2, 0) is 4.79 Å². The molecule has 1 amide bonds. The van der Waals surface area contributed by atoms with Crippen molar-refractivity contribution in [2.24, 2.45) is 5.10 Å². The molecule has 0 fully saturated rings. The number of nitrogens with zero attached hydrogens (tertiary/aromatic N) is 4. The fourth-order valence-corrected chi connectivity index (χ4v) is 3.80. The molecule has 1 atom stereocenters. The van der Waals surface area contributed by atoms with E-state index in [-0.39, 0.29) is 11.9 Å². The normalized spacial score (nSPS) is 16.0. The Balaban J connectivity index is 1.62. The zero-order chi connectivity index (χ0) is 20.5. The van der Waals surface area contributed by atoms with Gasteiger partial charge in [-0.25, -0.2) is 9.69 Å². The second-order valence-electron chi connectivity index (χ2n) is 7.19. The molecular weight excluding hydrogens is 376 g/mol. The van der Waals surface area contributed by atoms with Crippen molar-refractivity contribution in [2.45, 2.75) is 19.4 Å². The number of hydrogen-bond donors (Lipinski definition) is 0. The first-order valence-electron chi connectivity index (χ1n) is 9.82. The molecular formula is C24H20N4O2. The lowest BCUT2D eigenvalue weighted by molar-refractivity contribution is -0.130. The third-order valence-corrected chi connectivity index (χ3v) is 5.21. The summed E-state index contributed by atoms with van der Waals surface area (Å²) in [6, 6.07) is 23.4. The largest absolute Gasteiger partial charge is 0.463 e. The average molecular weight is 396 g/mol. The molecule has 30 heavy (non-hydrogen) atoms.